The number of aliphatic imine (C=N–C) groups is 1. The van der Waals surface area contributed by atoms with E-state index in [1.54, 1.807) is 7.11 Å². The van der Waals surface area contributed by atoms with E-state index in [4.69, 9.17) is 4.74 Å². The highest BCUT2D eigenvalue weighted by molar-refractivity contribution is 8.15. The number of hydrogen-bond acceptors (Lipinski definition) is 4. The fraction of sp³-hybridized carbons (Fsp3) is 0.462. The summed E-state index contributed by atoms with van der Waals surface area (Å²) in [5.41, 5.74) is 0.998. The summed E-state index contributed by atoms with van der Waals surface area (Å²) < 4.78 is 5.32. The van der Waals surface area contributed by atoms with Crippen LogP contribution in [0.15, 0.2) is 29.3 Å². The van der Waals surface area contributed by atoms with Crippen LogP contribution in [0.4, 0.5) is 5.69 Å². The summed E-state index contributed by atoms with van der Waals surface area (Å²) in [7, 11) is 1.69. The molecule has 1 heterocycles. The van der Waals surface area contributed by atoms with Crippen LogP contribution in [-0.4, -0.2) is 24.1 Å². The number of anilines is 1. The number of nitrogens with one attached hydrogen (secondary N) is 1. The van der Waals surface area contributed by atoms with Gasteiger partial charge in [0.1, 0.15) is 5.75 Å². The zero-order valence-corrected chi connectivity index (χ0v) is 10.7. The first-order valence-electron chi connectivity index (χ1n) is 5.98. The molecule has 90 valence electrons. The summed E-state index contributed by atoms with van der Waals surface area (Å²) in [6.07, 6.45) is 2.77. The lowest BCUT2D eigenvalue weighted by Gasteiger charge is -2.11. The van der Waals surface area contributed by atoms with Gasteiger partial charge in [-0.25, -0.2) is 0 Å². The highest BCUT2D eigenvalue weighted by Gasteiger charge is 2.35. The first-order valence-corrected chi connectivity index (χ1v) is 6.86. The molecule has 2 aliphatic rings. The van der Waals surface area contributed by atoms with E-state index in [1.165, 1.54) is 12.8 Å². The second kappa shape index (κ2) is 4.61. The maximum Gasteiger partial charge on any atom is 0.161 e. The minimum Gasteiger partial charge on any atom is -0.495 e. The Labute approximate surface area is 106 Å². The van der Waals surface area contributed by atoms with Gasteiger partial charge in [0.15, 0.2) is 5.17 Å². The van der Waals surface area contributed by atoms with Crippen molar-refractivity contribution in [3.05, 3.63) is 24.3 Å². The molecule has 0 spiro atoms. The van der Waals surface area contributed by atoms with Crippen molar-refractivity contribution in [3.8, 4) is 5.75 Å². The van der Waals surface area contributed by atoms with Crippen LogP contribution in [0.5, 0.6) is 5.75 Å². The third-order valence-electron chi connectivity index (χ3n) is 3.17. The van der Waals surface area contributed by atoms with Crippen molar-refractivity contribution in [1.82, 2.24) is 0 Å². The Hall–Kier alpha value is -1.16. The maximum atomic E-state index is 5.32. The lowest BCUT2D eigenvalue weighted by molar-refractivity contribution is 0.417. The third-order valence-corrected chi connectivity index (χ3v) is 4.47. The highest BCUT2D eigenvalue weighted by atomic mass is 32.2. The van der Waals surface area contributed by atoms with Crippen molar-refractivity contribution in [2.45, 2.75) is 18.1 Å². The zero-order chi connectivity index (χ0) is 11.7. The summed E-state index contributed by atoms with van der Waals surface area (Å²) in [5.74, 6) is 1.77. The van der Waals surface area contributed by atoms with E-state index in [9.17, 15) is 0 Å². The molecule has 1 atom stereocenters. The van der Waals surface area contributed by atoms with Gasteiger partial charge in [-0.15, -0.1) is 0 Å². The predicted octanol–water partition coefficient (Wildman–Crippen LogP) is 2.99. The number of amidine groups is 1. The van der Waals surface area contributed by atoms with Gasteiger partial charge in [-0.1, -0.05) is 23.9 Å². The van der Waals surface area contributed by atoms with Gasteiger partial charge in [-0.05, 0) is 30.9 Å². The van der Waals surface area contributed by atoms with E-state index in [1.807, 2.05) is 36.0 Å². The topological polar surface area (TPSA) is 33.6 Å². The Kier molecular flexibility index (Phi) is 2.97. The molecule has 1 aliphatic carbocycles. The molecule has 1 aliphatic heterocycles. The van der Waals surface area contributed by atoms with Gasteiger partial charge in [0.2, 0.25) is 0 Å². The van der Waals surface area contributed by atoms with Gasteiger partial charge in [0.25, 0.3) is 0 Å². The van der Waals surface area contributed by atoms with E-state index in [2.05, 4.69) is 10.3 Å². The first kappa shape index (κ1) is 11.0. The van der Waals surface area contributed by atoms with Crippen LogP contribution >= 0.6 is 11.8 Å². The van der Waals surface area contributed by atoms with E-state index in [0.717, 1.165) is 29.1 Å². The average Bonchev–Trinajstić information content (AvgIpc) is 3.11. The Balaban J connectivity index is 1.66. The van der Waals surface area contributed by atoms with Crippen molar-refractivity contribution in [3.63, 3.8) is 0 Å². The molecule has 1 aromatic rings. The molecule has 17 heavy (non-hydrogen) atoms. The van der Waals surface area contributed by atoms with Crippen molar-refractivity contribution >= 4 is 22.6 Å². The van der Waals surface area contributed by atoms with Crippen molar-refractivity contribution in [2.75, 3.05) is 19.0 Å². The Morgan fingerprint density at radius 2 is 2.18 bits per heavy atom. The molecule has 1 fully saturated rings. The predicted molar refractivity (Wildman–Crippen MR) is 73.0 cm³/mol. The van der Waals surface area contributed by atoms with E-state index >= 15 is 0 Å². The lowest BCUT2D eigenvalue weighted by atomic mass is 10.3. The monoisotopic (exact) mass is 248 g/mol. The largest absolute Gasteiger partial charge is 0.495 e. The number of thioether (sulfide) groups is 1. The van der Waals surface area contributed by atoms with Crippen LogP contribution in [0.25, 0.3) is 0 Å². The van der Waals surface area contributed by atoms with Gasteiger partial charge in [0, 0.05) is 5.25 Å². The highest BCUT2D eigenvalue weighted by Crippen LogP contribution is 2.42. The normalized spacial score (nSPS) is 23.4. The van der Waals surface area contributed by atoms with Crippen LogP contribution < -0.4 is 10.1 Å². The standard InChI is InChI=1S/C13H16N2OS/c1-16-11-5-3-2-4-10(11)15-13-14-8-12(17-13)9-6-7-9/h2-5,9,12H,6-8H2,1H3,(H,14,15). The summed E-state index contributed by atoms with van der Waals surface area (Å²) >= 11 is 1.88. The number of rotatable bonds is 3. The summed E-state index contributed by atoms with van der Waals surface area (Å²) in [6.45, 7) is 0.965. The summed E-state index contributed by atoms with van der Waals surface area (Å²) in [6, 6.07) is 7.96. The van der Waals surface area contributed by atoms with Crippen LogP contribution in [0.1, 0.15) is 12.8 Å². The molecular formula is C13H16N2OS. The summed E-state index contributed by atoms with van der Waals surface area (Å²) in [5, 5.41) is 5.10. The van der Waals surface area contributed by atoms with E-state index < -0.39 is 0 Å². The zero-order valence-electron chi connectivity index (χ0n) is 9.85. The van der Waals surface area contributed by atoms with Gasteiger partial charge in [0.05, 0.1) is 19.3 Å². The number of para-hydroxylation sites is 2. The molecule has 1 unspecified atom stereocenters. The minimum absolute atomic E-state index is 0.701. The lowest BCUT2D eigenvalue weighted by Crippen LogP contribution is -2.09. The molecule has 4 heteroatoms. The second-order valence-electron chi connectivity index (χ2n) is 4.46. The smallest absolute Gasteiger partial charge is 0.161 e. The van der Waals surface area contributed by atoms with Crippen molar-refractivity contribution in [2.24, 2.45) is 10.9 Å². The number of methoxy groups -OCH3 is 1. The molecule has 3 nitrogen and oxygen atoms in total. The number of nitrogens with zero attached hydrogens (tertiary/aromatic N) is 1. The minimum atomic E-state index is 0.701. The molecule has 0 aromatic heterocycles. The van der Waals surface area contributed by atoms with E-state index in [-0.39, 0.29) is 0 Å². The SMILES string of the molecule is COc1ccccc1NC1=NCC(C2CC2)S1. The molecule has 1 N–H and O–H groups in total. The van der Waals surface area contributed by atoms with Crippen LogP contribution in [0.3, 0.4) is 0 Å². The van der Waals surface area contributed by atoms with Crippen molar-refractivity contribution < 1.29 is 4.74 Å². The summed E-state index contributed by atoms with van der Waals surface area (Å²) in [4.78, 5) is 4.56. The van der Waals surface area contributed by atoms with Crippen LogP contribution in [-0.2, 0) is 0 Å². The quantitative estimate of drug-likeness (QED) is 0.892. The van der Waals surface area contributed by atoms with Crippen molar-refractivity contribution in [1.29, 1.82) is 0 Å². The van der Waals surface area contributed by atoms with Crippen LogP contribution in [0, 0.1) is 5.92 Å². The first-order chi connectivity index (χ1) is 8.36. The fourth-order valence-electron chi connectivity index (χ4n) is 2.04. The van der Waals surface area contributed by atoms with Gasteiger partial charge < -0.3 is 10.1 Å². The maximum absolute atomic E-state index is 5.32. The fourth-order valence-corrected chi connectivity index (χ4v) is 3.25. The number of ether oxygens (including phenoxy) is 1. The Morgan fingerprint density at radius 3 is 2.94 bits per heavy atom. The molecule has 0 bridgehead atoms. The Morgan fingerprint density at radius 1 is 1.35 bits per heavy atom. The molecule has 1 saturated carbocycles. The molecular weight excluding hydrogens is 232 g/mol. The molecule has 0 saturated heterocycles. The van der Waals surface area contributed by atoms with E-state index in [0.29, 0.717) is 5.25 Å². The van der Waals surface area contributed by atoms with Crippen LogP contribution in [0.2, 0.25) is 0 Å². The molecule has 1 aromatic carbocycles. The van der Waals surface area contributed by atoms with Gasteiger partial charge in [-0.2, -0.15) is 0 Å². The molecule has 0 radical (unpaired) electrons. The van der Waals surface area contributed by atoms with Gasteiger partial charge >= 0.3 is 0 Å². The number of hydrogen-bond donors (Lipinski definition) is 1. The third kappa shape index (κ3) is 2.41. The number of benzene rings is 1. The molecule has 3 rings (SSSR count). The molecule has 0 amide bonds. The Bertz CT molecular complexity index is 443. The average molecular weight is 248 g/mol. The second-order valence-corrected chi connectivity index (χ2v) is 5.69. The van der Waals surface area contributed by atoms with Gasteiger partial charge in [-0.3, -0.25) is 4.99 Å².